The Hall–Kier alpha value is -0.490. The van der Waals surface area contributed by atoms with Gasteiger partial charge >= 0.3 is 0 Å². The SMILES string of the molecule is CCC(C)Cc1cccc(Cl)c1. The molecule has 0 saturated carbocycles. The summed E-state index contributed by atoms with van der Waals surface area (Å²) in [6.07, 6.45) is 2.36. The Labute approximate surface area is 79.6 Å². The molecule has 0 aliphatic rings. The third-order valence-corrected chi connectivity index (χ3v) is 2.41. The van der Waals surface area contributed by atoms with Gasteiger partial charge in [-0.1, -0.05) is 44.0 Å². The summed E-state index contributed by atoms with van der Waals surface area (Å²) in [5.74, 6) is 0.753. The zero-order chi connectivity index (χ0) is 8.97. The molecule has 1 heteroatoms. The van der Waals surface area contributed by atoms with Gasteiger partial charge in [0, 0.05) is 5.02 Å². The van der Waals surface area contributed by atoms with Crippen LogP contribution >= 0.6 is 11.6 Å². The summed E-state index contributed by atoms with van der Waals surface area (Å²) in [5, 5.41) is 0.843. The Morgan fingerprint density at radius 1 is 1.42 bits per heavy atom. The normalized spacial score (nSPS) is 12.9. The third-order valence-electron chi connectivity index (χ3n) is 2.17. The Morgan fingerprint density at radius 3 is 2.75 bits per heavy atom. The van der Waals surface area contributed by atoms with Crippen molar-refractivity contribution in [1.29, 1.82) is 0 Å². The molecule has 0 aromatic heterocycles. The lowest BCUT2D eigenvalue weighted by Gasteiger charge is -2.07. The van der Waals surface area contributed by atoms with Crippen LogP contribution in [0.5, 0.6) is 0 Å². The molecule has 0 fully saturated rings. The lowest BCUT2D eigenvalue weighted by molar-refractivity contribution is 0.560. The van der Waals surface area contributed by atoms with Crippen LogP contribution in [-0.2, 0) is 6.42 Å². The molecule has 1 aromatic rings. The van der Waals surface area contributed by atoms with E-state index in [4.69, 9.17) is 11.6 Å². The van der Waals surface area contributed by atoms with Crippen LogP contribution in [0.2, 0.25) is 5.02 Å². The Balaban J connectivity index is 2.63. The first-order valence-electron chi connectivity index (χ1n) is 4.46. The second-order valence-corrected chi connectivity index (χ2v) is 3.78. The van der Waals surface area contributed by atoms with Crippen LogP contribution < -0.4 is 0 Å². The minimum atomic E-state index is 0.753. The van der Waals surface area contributed by atoms with E-state index in [1.165, 1.54) is 12.0 Å². The van der Waals surface area contributed by atoms with Gasteiger partial charge in [-0.3, -0.25) is 0 Å². The van der Waals surface area contributed by atoms with Gasteiger partial charge in [0.25, 0.3) is 0 Å². The average Bonchev–Trinajstić information content (AvgIpc) is 2.04. The molecule has 0 radical (unpaired) electrons. The van der Waals surface area contributed by atoms with Crippen LogP contribution in [0.3, 0.4) is 0 Å². The molecule has 0 nitrogen and oxygen atoms in total. The summed E-state index contributed by atoms with van der Waals surface area (Å²) >= 11 is 5.87. The fourth-order valence-corrected chi connectivity index (χ4v) is 1.42. The van der Waals surface area contributed by atoms with Gasteiger partial charge in [0.1, 0.15) is 0 Å². The van der Waals surface area contributed by atoms with E-state index in [9.17, 15) is 0 Å². The van der Waals surface area contributed by atoms with Crippen LogP contribution in [0.4, 0.5) is 0 Å². The van der Waals surface area contributed by atoms with Crippen molar-refractivity contribution in [3.63, 3.8) is 0 Å². The van der Waals surface area contributed by atoms with E-state index in [1.807, 2.05) is 18.2 Å². The van der Waals surface area contributed by atoms with Crippen molar-refractivity contribution in [3.05, 3.63) is 34.9 Å². The molecule has 12 heavy (non-hydrogen) atoms. The van der Waals surface area contributed by atoms with E-state index in [1.54, 1.807) is 0 Å². The molecule has 0 saturated heterocycles. The van der Waals surface area contributed by atoms with Crippen LogP contribution in [0.25, 0.3) is 0 Å². The molecular weight excluding hydrogens is 168 g/mol. The lowest BCUT2D eigenvalue weighted by atomic mass is 9.99. The number of hydrogen-bond acceptors (Lipinski definition) is 0. The molecule has 1 unspecified atom stereocenters. The first-order chi connectivity index (χ1) is 5.72. The Kier molecular flexibility index (Phi) is 3.61. The van der Waals surface area contributed by atoms with Crippen molar-refractivity contribution >= 4 is 11.6 Å². The molecular formula is C11H15Cl. The third kappa shape index (κ3) is 2.86. The highest BCUT2D eigenvalue weighted by molar-refractivity contribution is 6.30. The van der Waals surface area contributed by atoms with Crippen molar-refractivity contribution in [3.8, 4) is 0 Å². The number of rotatable bonds is 3. The fraction of sp³-hybridized carbons (Fsp3) is 0.455. The molecule has 0 bridgehead atoms. The average molecular weight is 183 g/mol. The van der Waals surface area contributed by atoms with Crippen LogP contribution in [0, 0.1) is 5.92 Å². The first kappa shape index (κ1) is 9.60. The molecule has 66 valence electrons. The van der Waals surface area contributed by atoms with Crippen molar-refractivity contribution in [2.24, 2.45) is 5.92 Å². The van der Waals surface area contributed by atoms with Gasteiger partial charge in [-0.2, -0.15) is 0 Å². The zero-order valence-corrected chi connectivity index (χ0v) is 8.43. The molecule has 0 heterocycles. The van der Waals surface area contributed by atoms with E-state index in [0.717, 1.165) is 17.4 Å². The number of hydrogen-bond donors (Lipinski definition) is 0. The molecule has 0 spiro atoms. The second-order valence-electron chi connectivity index (χ2n) is 3.35. The van der Waals surface area contributed by atoms with Crippen molar-refractivity contribution in [2.75, 3.05) is 0 Å². The van der Waals surface area contributed by atoms with Crippen molar-refractivity contribution in [1.82, 2.24) is 0 Å². The number of benzene rings is 1. The van der Waals surface area contributed by atoms with Crippen LogP contribution in [0.15, 0.2) is 24.3 Å². The van der Waals surface area contributed by atoms with E-state index >= 15 is 0 Å². The predicted octanol–water partition coefficient (Wildman–Crippen LogP) is 3.93. The summed E-state index contributed by atoms with van der Waals surface area (Å²) in [5.41, 5.74) is 1.34. The topological polar surface area (TPSA) is 0 Å². The maximum absolute atomic E-state index is 5.87. The molecule has 1 atom stereocenters. The van der Waals surface area contributed by atoms with Crippen molar-refractivity contribution in [2.45, 2.75) is 26.7 Å². The molecule has 1 rings (SSSR count). The smallest absolute Gasteiger partial charge is 0.0408 e. The summed E-state index contributed by atoms with van der Waals surface area (Å²) in [6.45, 7) is 4.48. The van der Waals surface area contributed by atoms with Crippen LogP contribution in [-0.4, -0.2) is 0 Å². The summed E-state index contributed by atoms with van der Waals surface area (Å²) in [7, 11) is 0. The van der Waals surface area contributed by atoms with E-state index in [0.29, 0.717) is 0 Å². The lowest BCUT2D eigenvalue weighted by Crippen LogP contribution is -1.97. The fourth-order valence-electron chi connectivity index (χ4n) is 1.21. The largest absolute Gasteiger partial charge is 0.0843 e. The minimum absolute atomic E-state index is 0.753. The molecule has 0 N–H and O–H groups in total. The van der Waals surface area contributed by atoms with Gasteiger partial charge in [-0.15, -0.1) is 0 Å². The van der Waals surface area contributed by atoms with Gasteiger partial charge in [-0.25, -0.2) is 0 Å². The van der Waals surface area contributed by atoms with Gasteiger partial charge in [0.2, 0.25) is 0 Å². The Morgan fingerprint density at radius 2 is 2.17 bits per heavy atom. The van der Waals surface area contributed by atoms with Crippen molar-refractivity contribution < 1.29 is 0 Å². The monoisotopic (exact) mass is 182 g/mol. The standard InChI is InChI=1S/C11H15Cl/c1-3-9(2)7-10-5-4-6-11(12)8-10/h4-6,8-9H,3,7H2,1-2H3. The van der Waals surface area contributed by atoms with Crippen LogP contribution in [0.1, 0.15) is 25.8 Å². The highest BCUT2D eigenvalue weighted by Gasteiger charge is 2.00. The quantitative estimate of drug-likeness (QED) is 0.665. The zero-order valence-electron chi connectivity index (χ0n) is 7.68. The molecule has 0 aliphatic heterocycles. The molecule has 0 amide bonds. The maximum atomic E-state index is 5.87. The van der Waals surface area contributed by atoms with Gasteiger partial charge < -0.3 is 0 Å². The summed E-state index contributed by atoms with van der Waals surface area (Å²) < 4.78 is 0. The van der Waals surface area contributed by atoms with Gasteiger partial charge in [0.15, 0.2) is 0 Å². The second kappa shape index (κ2) is 4.51. The first-order valence-corrected chi connectivity index (χ1v) is 4.84. The Bertz CT molecular complexity index is 243. The highest BCUT2D eigenvalue weighted by Crippen LogP contribution is 2.15. The minimum Gasteiger partial charge on any atom is -0.0843 e. The summed E-state index contributed by atoms with van der Waals surface area (Å²) in [4.78, 5) is 0. The van der Waals surface area contributed by atoms with E-state index < -0.39 is 0 Å². The van der Waals surface area contributed by atoms with Gasteiger partial charge in [0.05, 0.1) is 0 Å². The van der Waals surface area contributed by atoms with E-state index in [2.05, 4.69) is 19.9 Å². The molecule has 1 aromatic carbocycles. The number of halogens is 1. The highest BCUT2D eigenvalue weighted by atomic mass is 35.5. The predicted molar refractivity (Wildman–Crippen MR) is 54.6 cm³/mol. The maximum Gasteiger partial charge on any atom is 0.0408 e. The molecule has 0 aliphatic carbocycles. The van der Waals surface area contributed by atoms with Gasteiger partial charge in [-0.05, 0) is 30.0 Å². The summed E-state index contributed by atoms with van der Waals surface area (Å²) in [6, 6.07) is 8.12. The van der Waals surface area contributed by atoms with E-state index in [-0.39, 0.29) is 0 Å².